The van der Waals surface area contributed by atoms with Gasteiger partial charge in [0.2, 0.25) is 0 Å². The zero-order chi connectivity index (χ0) is 9.14. The van der Waals surface area contributed by atoms with E-state index in [4.69, 9.17) is 34.8 Å². The molecule has 4 heteroatoms. The molecule has 1 aromatic carbocycles. The molecule has 0 fully saturated rings. The molecule has 0 bridgehead atoms. The van der Waals surface area contributed by atoms with Crippen LogP contribution in [0, 0.1) is 0 Å². The number of aliphatic hydroxyl groups is 1. The van der Waals surface area contributed by atoms with Crippen LogP contribution in [0.15, 0.2) is 24.3 Å². The van der Waals surface area contributed by atoms with Gasteiger partial charge in [-0.3, -0.25) is 0 Å². The van der Waals surface area contributed by atoms with Crippen LogP contribution in [0.1, 0.15) is 11.7 Å². The molecule has 0 radical (unpaired) electrons. The van der Waals surface area contributed by atoms with Gasteiger partial charge in [-0.05, 0) is 6.07 Å². The second-order valence-corrected chi connectivity index (χ2v) is 3.87. The van der Waals surface area contributed by atoms with Gasteiger partial charge in [-0.25, -0.2) is 0 Å². The van der Waals surface area contributed by atoms with Crippen LogP contribution >= 0.6 is 34.8 Å². The average molecular weight is 226 g/mol. The van der Waals surface area contributed by atoms with Crippen LogP contribution in [0.2, 0.25) is 5.02 Å². The molecular formula is C8H7Cl3O. The van der Waals surface area contributed by atoms with Gasteiger partial charge in [0.15, 0.2) is 0 Å². The van der Waals surface area contributed by atoms with Crippen LogP contribution < -0.4 is 0 Å². The fourth-order valence-corrected chi connectivity index (χ4v) is 1.37. The minimum Gasteiger partial charge on any atom is -0.386 e. The molecule has 0 amide bonds. The summed E-state index contributed by atoms with van der Waals surface area (Å²) >= 11 is 16.8. The molecule has 1 atom stereocenters. The third-order valence-corrected chi connectivity index (χ3v) is 2.28. The SMILES string of the molecule is O[C@H](c1ccccc1Cl)C(Cl)Cl. The topological polar surface area (TPSA) is 20.2 Å². The number of rotatable bonds is 2. The van der Waals surface area contributed by atoms with E-state index < -0.39 is 10.9 Å². The minimum atomic E-state index is -0.929. The van der Waals surface area contributed by atoms with Crippen molar-refractivity contribution >= 4 is 34.8 Å². The summed E-state index contributed by atoms with van der Waals surface area (Å²) in [4.78, 5) is -0.857. The Labute approximate surface area is 85.9 Å². The quantitative estimate of drug-likeness (QED) is 0.767. The molecule has 0 spiro atoms. The first-order valence-electron chi connectivity index (χ1n) is 3.33. The molecule has 0 aliphatic carbocycles. The van der Waals surface area contributed by atoms with Crippen LogP contribution in [0.25, 0.3) is 0 Å². The van der Waals surface area contributed by atoms with E-state index in [2.05, 4.69) is 0 Å². The van der Waals surface area contributed by atoms with Gasteiger partial charge >= 0.3 is 0 Å². The zero-order valence-electron chi connectivity index (χ0n) is 6.05. The Bertz CT molecular complexity index is 262. The molecule has 12 heavy (non-hydrogen) atoms. The van der Waals surface area contributed by atoms with Crippen molar-refractivity contribution < 1.29 is 5.11 Å². The van der Waals surface area contributed by atoms with Crippen LogP contribution in [0.3, 0.4) is 0 Å². The predicted octanol–water partition coefficient (Wildman–Crippen LogP) is 3.18. The van der Waals surface area contributed by atoms with E-state index >= 15 is 0 Å². The average Bonchev–Trinajstić information content (AvgIpc) is 2.04. The Morgan fingerprint density at radius 1 is 1.17 bits per heavy atom. The lowest BCUT2D eigenvalue weighted by Crippen LogP contribution is -2.06. The maximum Gasteiger partial charge on any atom is 0.137 e. The van der Waals surface area contributed by atoms with Crippen molar-refractivity contribution in [2.45, 2.75) is 10.9 Å². The standard InChI is InChI=1S/C8H7Cl3O/c9-6-4-2-1-3-5(6)7(12)8(10)11/h1-4,7-8,12H/t7-/m1/s1. The maximum absolute atomic E-state index is 9.43. The largest absolute Gasteiger partial charge is 0.386 e. The first-order valence-corrected chi connectivity index (χ1v) is 4.58. The summed E-state index contributed by atoms with van der Waals surface area (Å²) in [5.74, 6) is 0. The van der Waals surface area contributed by atoms with Gasteiger partial charge < -0.3 is 5.11 Å². The Morgan fingerprint density at radius 2 is 1.75 bits per heavy atom. The second-order valence-electron chi connectivity index (χ2n) is 2.30. The Kier molecular flexibility index (Phi) is 3.66. The van der Waals surface area contributed by atoms with Crippen LogP contribution in [0.5, 0.6) is 0 Å². The summed E-state index contributed by atoms with van der Waals surface area (Å²) in [6.07, 6.45) is -0.929. The van der Waals surface area contributed by atoms with Gasteiger partial charge in [0.1, 0.15) is 10.9 Å². The van der Waals surface area contributed by atoms with Crippen molar-refractivity contribution in [1.29, 1.82) is 0 Å². The maximum atomic E-state index is 9.43. The third kappa shape index (κ3) is 2.27. The number of hydrogen-bond donors (Lipinski definition) is 1. The van der Waals surface area contributed by atoms with Gasteiger partial charge in [0.05, 0.1) is 0 Å². The van der Waals surface area contributed by atoms with Crippen molar-refractivity contribution in [2.75, 3.05) is 0 Å². The number of benzene rings is 1. The third-order valence-electron chi connectivity index (χ3n) is 1.46. The van der Waals surface area contributed by atoms with E-state index in [0.717, 1.165) is 0 Å². The first-order chi connectivity index (χ1) is 5.63. The van der Waals surface area contributed by atoms with E-state index in [1.54, 1.807) is 24.3 Å². The van der Waals surface area contributed by atoms with E-state index in [-0.39, 0.29) is 0 Å². The lowest BCUT2D eigenvalue weighted by atomic mass is 10.1. The van der Waals surface area contributed by atoms with Gasteiger partial charge in [0.25, 0.3) is 0 Å². The van der Waals surface area contributed by atoms with Crippen molar-refractivity contribution in [3.63, 3.8) is 0 Å². The molecule has 0 heterocycles. The highest BCUT2D eigenvalue weighted by Gasteiger charge is 2.17. The Hall–Kier alpha value is 0.0500. The van der Waals surface area contributed by atoms with Crippen molar-refractivity contribution in [3.8, 4) is 0 Å². The summed E-state index contributed by atoms with van der Waals surface area (Å²) in [6.45, 7) is 0. The lowest BCUT2D eigenvalue weighted by Gasteiger charge is -2.12. The Balaban J connectivity index is 2.94. The lowest BCUT2D eigenvalue weighted by molar-refractivity contribution is 0.193. The molecule has 1 aromatic rings. The van der Waals surface area contributed by atoms with Gasteiger partial charge in [-0.15, -0.1) is 23.2 Å². The highest BCUT2D eigenvalue weighted by atomic mass is 35.5. The minimum absolute atomic E-state index is 0.469. The van der Waals surface area contributed by atoms with Crippen LogP contribution in [-0.4, -0.2) is 9.94 Å². The summed E-state index contributed by atoms with van der Waals surface area (Å²) in [5.41, 5.74) is 0.550. The molecule has 0 aromatic heterocycles. The summed E-state index contributed by atoms with van der Waals surface area (Å²) in [7, 11) is 0. The fraction of sp³-hybridized carbons (Fsp3) is 0.250. The highest BCUT2D eigenvalue weighted by molar-refractivity contribution is 6.44. The number of hydrogen-bond acceptors (Lipinski definition) is 1. The molecule has 1 nitrogen and oxygen atoms in total. The number of alkyl halides is 2. The smallest absolute Gasteiger partial charge is 0.137 e. The van der Waals surface area contributed by atoms with E-state index in [1.165, 1.54) is 0 Å². The molecule has 66 valence electrons. The fourth-order valence-electron chi connectivity index (χ4n) is 0.851. The summed E-state index contributed by atoms with van der Waals surface area (Å²) in [5, 5.41) is 9.90. The molecule has 0 aliphatic heterocycles. The molecule has 1 rings (SSSR count). The van der Waals surface area contributed by atoms with Crippen molar-refractivity contribution in [2.24, 2.45) is 0 Å². The van der Waals surface area contributed by atoms with E-state index in [1.807, 2.05) is 0 Å². The highest BCUT2D eigenvalue weighted by Crippen LogP contribution is 2.28. The summed E-state index contributed by atoms with van der Waals surface area (Å²) in [6, 6.07) is 6.90. The van der Waals surface area contributed by atoms with Crippen LogP contribution in [-0.2, 0) is 0 Å². The number of halogens is 3. The van der Waals surface area contributed by atoms with Gasteiger partial charge in [-0.2, -0.15) is 0 Å². The summed E-state index contributed by atoms with van der Waals surface area (Å²) < 4.78 is 0. The molecule has 1 N–H and O–H groups in total. The van der Waals surface area contributed by atoms with Gasteiger partial charge in [-0.1, -0.05) is 29.8 Å². The monoisotopic (exact) mass is 224 g/mol. The van der Waals surface area contributed by atoms with Gasteiger partial charge in [0, 0.05) is 10.6 Å². The number of aliphatic hydroxyl groups excluding tert-OH is 1. The van der Waals surface area contributed by atoms with E-state index in [0.29, 0.717) is 10.6 Å². The predicted molar refractivity (Wildman–Crippen MR) is 51.9 cm³/mol. The van der Waals surface area contributed by atoms with Crippen molar-refractivity contribution in [1.82, 2.24) is 0 Å². The molecular weight excluding hydrogens is 218 g/mol. The van der Waals surface area contributed by atoms with Crippen LogP contribution in [0.4, 0.5) is 0 Å². The molecule has 0 unspecified atom stereocenters. The van der Waals surface area contributed by atoms with E-state index in [9.17, 15) is 5.11 Å². The first kappa shape index (κ1) is 10.1. The normalized spacial score (nSPS) is 13.4. The Morgan fingerprint density at radius 3 is 2.25 bits per heavy atom. The zero-order valence-corrected chi connectivity index (χ0v) is 8.31. The van der Waals surface area contributed by atoms with Crippen molar-refractivity contribution in [3.05, 3.63) is 34.9 Å². The molecule has 0 saturated carbocycles. The molecule has 0 saturated heterocycles. The second kappa shape index (κ2) is 4.33. The molecule has 0 aliphatic rings.